The van der Waals surface area contributed by atoms with Crippen LogP contribution in [-0.2, 0) is 6.54 Å². The van der Waals surface area contributed by atoms with Gasteiger partial charge in [-0.3, -0.25) is 9.69 Å². The molecular formula is C21H23N3OS2. The molecule has 27 heavy (non-hydrogen) atoms. The van der Waals surface area contributed by atoms with E-state index in [4.69, 9.17) is 0 Å². The lowest BCUT2D eigenvalue weighted by Crippen LogP contribution is -2.44. The van der Waals surface area contributed by atoms with Crippen molar-refractivity contribution in [2.75, 3.05) is 13.1 Å². The molecule has 1 aliphatic heterocycles. The highest BCUT2D eigenvalue weighted by Gasteiger charge is 2.23. The van der Waals surface area contributed by atoms with Crippen molar-refractivity contribution >= 4 is 28.6 Å². The second-order valence-electron chi connectivity index (χ2n) is 6.96. The molecule has 0 atom stereocenters. The van der Waals surface area contributed by atoms with Crippen LogP contribution in [-0.4, -0.2) is 34.9 Å². The first-order valence-corrected chi connectivity index (χ1v) is 11.0. The van der Waals surface area contributed by atoms with Gasteiger partial charge < -0.3 is 5.32 Å². The van der Waals surface area contributed by atoms with Crippen LogP contribution in [0.25, 0.3) is 10.6 Å². The molecule has 0 spiro atoms. The van der Waals surface area contributed by atoms with E-state index in [1.807, 2.05) is 18.4 Å². The summed E-state index contributed by atoms with van der Waals surface area (Å²) in [7, 11) is 0. The molecule has 0 unspecified atom stereocenters. The highest BCUT2D eigenvalue weighted by atomic mass is 32.1. The molecule has 1 fully saturated rings. The van der Waals surface area contributed by atoms with Crippen LogP contribution in [0.4, 0.5) is 0 Å². The second-order valence-corrected chi connectivity index (χ2v) is 8.73. The Hall–Kier alpha value is -2.02. The molecule has 1 aromatic carbocycles. The van der Waals surface area contributed by atoms with Gasteiger partial charge >= 0.3 is 0 Å². The first kappa shape index (κ1) is 18.3. The fourth-order valence-electron chi connectivity index (χ4n) is 3.44. The van der Waals surface area contributed by atoms with E-state index in [1.165, 1.54) is 16.9 Å². The number of hydrogen-bond donors (Lipinski definition) is 1. The SMILES string of the molecule is Cc1nc(-c2ccsc2)sc1C(=O)NC1CCN(Cc2ccccc2)CC1. The molecule has 0 saturated carbocycles. The van der Waals surface area contributed by atoms with E-state index in [-0.39, 0.29) is 11.9 Å². The van der Waals surface area contributed by atoms with Crippen molar-refractivity contribution in [2.45, 2.75) is 32.4 Å². The molecule has 3 aromatic rings. The van der Waals surface area contributed by atoms with Gasteiger partial charge in [0.2, 0.25) is 0 Å². The van der Waals surface area contributed by atoms with Crippen LogP contribution >= 0.6 is 22.7 Å². The number of hydrogen-bond acceptors (Lipinski definition) is 5. The molecule has 6 heteroatoms. The number of nitrogens with zero attached hydrogens (tertiary/aromatic N) is 2. The number of amides is 1. The van der Waals surface area contributed by atoms with Crippen molar-refractivity contribution in [3.05, 3.63) is 63.3 Å². The lowest BCUT2D eigenvalue weighted by molar-refractivity contribution is 0.0912. The maximum absolute atomic E-state index is 12.7. The van der Waals surface area contributed by atoms with Crippen molar-refractivity contribution in [3.63, 3.8) is 0 Å². The Bertz CT molecular complexity index is 882. The van der Waals surface area contributed by atoms with Crippen molar-refractivity contribution in [1.29, 1.82) is 0 Å². The average molecular weight is 398 g/mol. The minimum atomic E-state index is 0.0213. The van der Waals surface area contributed by atoms with Crippen LogP contribution in [0.1, 0.15) is 33.8 Å². The summed E-state index contributed by atoms with van der Waals surface area (Å²) in [6.07, 6.45) is 1.99. The molecule has 1 aliphatic rings. The summed E-state index contributed by atoms with van der Waals surface area (Å²) in [5, 5.41) is 8.26. The van der Waals surface area contributed by atoms with E-state index in [1.54, 1.807) is 11.3 Å². The van der Waals surface area contributed by atoms with Crippen LogP contribution in [0.5, 0.6) is 0 Å². The van der Waals surface area contributed by atoms with E-state index in [0.29, 0.717) is 0 Å². The zero-order chi connectivity index (χ0) is 18.6. The van der Waals surface area contributed by atoms with E-state index >= 15 is 0 Å². The van der Waals surface area contributed by atoms with E-state index in [0.717, 1.165) is 53.6 Å². The molecular weight excluding hydrogens is 374 g/mol. The number of rotatable bonds is 5. The van der Waals surface area contributed by atoms with Gasteiger partial charge in [-0.2, -0.15) is 11.3 Å². The number of aryl methyl sites for hydroxylation is 1. The van der Waals surface area contributed by atoms with Gasteiger partial charge in [-0.25, -0.2) is 4.98 Å². The number of likely N-dealkylation sites (tertiary alicyclic amines) is 1. The number of carbonyl (C=O) groups is 1. The smallest absolute Gasteiger partial charge is 0.263 e. The summed E-state index contributed by atoms with van der Waals surface area (Å²) in [5.74, 6) is 0.0213. The van der Waals surface area contributed by atoms with E-state index in [2.05, 4.69) is 50.9 Å². The van der Waals surface area contributed by atoms with Crippen molar-refractivity contribution in [1.82, 2.24) is 15.2 Å². The summed E-state index contributed by atoms with van der Waals surface area (Å²) in [6.45, 7) is 4.94. The number of thiazole rings is 1. The molecule has 3 heterocycles. The number of benzene rings is 1. The van der Waals surface area contributed by atoms with Gasteiger partial charge in [0.05, 0.1) is 5.69 Å². The molecule has 140 valence electrons. The number of carbonyl (C=O) groups excluding carboxylic acids is 1. The fraction of sp³-hybridized carbons (Fsp3) is 0.333. The standard InChI is InChI=1S/C21H23N3OS2/c1-15-19(27-21(22-15)17-9-12-26-14-17)20(25)23-18-7-10-24(11-8-18)13-16-5-3-2-4-6-16/h2-6,9,12,14,18H,7-8,10-11,13H2,1H3,(H,23,25). The Labute approximate surface area is 167 Å². The van der Waals surface area contributed by atoms with Crippen LogP contribution in [0.2, 0.25) is 0 Å². The Morgan fingerprint density at radius 3 is 2.70 bits per heavy atom. The molecule has 0 bridgehead atoms. The molecule has 4 rings (SSSR count). The summed E-state index contributed by atoms with van der Waals surface area (Å²) in [4.78, 5) is 20.5. The van der Waals surface area contributed by atoms with Crippen molar-refractivity contribution < 1.29 is 4.79 Å². The molecule has 4 nitrogen and oxygen atoms in total. The fourth-order valence-corrected chi connectivity index (χ4v) is 5.13. The molecule has 1 amide bonds. The minimum Gasteiger partial charge on any atom is -0.348 e. The van der Waals surface area contributed by atoms with Crippen molar-refractivity contribution in [3.8, 4) is 10.6 Å². The topological polar surface area (TPSA) is 45.2 Å². The lowest BCUT2D eigenvalue weighted by atomic mass is 10.0. The zero-order valence-electron chi connectivity index (χ0n) is 15.4. The molecule has 2 aromatic heterocycles. The van der Waals surface area contributed by atoms with Crippen molar-refractivity contribution in [2.24, 2.45) is 0 Å². The largest absolute Gasteiger partial charge is 0.348 e. The van der Waals surface area contributed by atoms with Gasteiger partial charge in [0, 0.05) is 36.6 Å². The highest BCUT2D eigenvalue weighted by Crippen LogP contribution is 2.29. The predicted octanol–water partition coefficient (Wildman–Crippen LogP) is 4.57. The Morgan fingerprint density at radius 1 is 1.22 bits per heavy atom. The first-order valence-electron chi connectivity index (χ1n) is 9.26. The third-order valence-electron chi connectivity index (χ3n) is 4.94. The third kappa shape index (κ3) is 4.46. The Morgan fingerprint density at radius 2 is 2.00 bits per heavy atom. The average Bonchev–Trinajstić information content (AvgIpc) is 3.34. The number of piperidine rings is 1. The number of aromatic nitrogens is 1. The lowest BCUT2D eigenvalue weighted by Gasteiger charge is -2.32. The van der Waals surface area contributed by atoms with Gasteiger partial charge in [-0.1, -0.05) is 30.3 Å². The second kappa shape index (κ2) is 8.33. The van der Waals surface area contributed by atoms with Crippen LogP contribution in [0.15, 0.2) is 47.2 Å². The Kier molecular flexibility index (Phi) is 5.66. The maximum atomic E-state index is 12.7. The normalized spacial score (nSPS) is 15.7. The van der Waals surface area contributed by atoms with Crippen LogP contribution < -0.4 is 5.32 Å². The number of nitrogens with one attached hydrogen (secondary N) is 1. The summed E-state index contributed by atoms with van der Waals surface area (Å²) in [6, 6.07) is 12.9. The minimum absolute atomic E-state index is 0.0213. The van der Waals surface area contributed by atoms with Gasteiger partial charge in [0.25, 0.3) is 5.91 Å². The van der Waals surface area contributed by atoms with E-state index < -0.39 is 0 Å². The monoisotopic (exact) mass is 397 g/mol. The quantitative estimate of drug-likeness (QED) is 0.686. The molecule has 1 N–H and O–H groups in total. The molecule has 1 saturated heterocycles. The van der Waals surface area contributed by atoms with Gasteiger partial charge in [-0.05, 0) is 36.8 Å². The van der Waals surface area contributed by atoms with Crippen LogP contribution in [0, 0.1) is 6.92 Å². The zero-order valence-corrected chi connectivity index (χ0v) is 17.0. The number of thiophene rings is 1. The Balaban J connectivity index is 1.32. The van der Waals surface area contributed by atoms with Gasteiger partial charge in [-0.15, -0.1) is 11.3 Å². The first-order chi connectivity index (χ1) is 13.2. The maximum Gasteiger partial charge on any atom is 0.263 e. The highest BCUT2D eigenvalue weighted by molar-refractivity contribution is 7.17. The van der Waals surface area contributed by atoms with E-state index in [9.17, 15) is 4.79 Å². The summed E-state index contributed by atoms with van der Waals surface area (Å²) >= 11 is 3.14. The summed E-state index contributed by atoms with van der Waals surface area (Å²) < 4.78 is 0. The summed E-state index contributed by atoms with van der Waals surface area (Å²) in [5.41, 5.74) is 3.27. The van der Waals surface area contributed by atoms with Gasteiger partial charge in [0.15, 0.2) is 0 Å². The third-order valence-corrected chi connectivity index (χ3v) is 6.83. The van der Waals surface area contributed by atoms with Gasteiger partial charge in [0.1, 0.15) is 9.88 Å². The van der Waals surface area contributed by atoms with Crippen LogP contribution in [0.3, 0.4) is 0 Å². The predicted molar refractivity (Wildman–Crippen MR) is 112 cm³/mol. The molecule has 0 aliphatic carbocycles. The molecule has 0 radical (unpaired) electrons.